The number of ether oxygens (including phenoxy) is 2. The molecule has 0 unspecified atom stereocenters. The number of guanidine groups is 1. The number of sulfonamides is 1. The standard InChI is InChI=1S/C12H17N3O4S/c1-18-7-3-6-13-12-14-10-5-4-9(19-2)8-11(10)20(16,17)15-12/h4-5,8H,3,6-7H2,1-2H3,(H2,13,14,15). The Morgan fingerprint density at radius 3 is 2.80 bits per heavy atom. The van der Waals surface area contributed by atoms with Crippen molar-refractivity contribution < 1.29 is 17.9 Å². The number of hydrogen-bond acceptors (Lipinski definition) is 5. The number of methoxy groups -OCH3 is 2. The molecule has 2 N–H and O–H groups in total. The summed E-state index contributed by atoms with van der Waals surface area (Å²) in [5.74, 6) is 0.704. The summed E-state index contributed by atoms with van der Waals surface area (Å²) in [7, 11) is -0.525. The predicted octanol–water partition coefficient (Wildman–Crippen LogP) is 0.792. The van der Waals surface area contributed by atoms with Gasteiger partial charge in [0.1, 0.15) is 10.6 Å². The summed E-state index contributed by atoms with van der Waals surface area (Å²) in [6.45, 7) is 1.06. The molecule has 20 heavy (non-hydrogen) atoms. The predicted molar refractivity (Wildman–Crippen MR) is 75.7 cm³/mol. The highest BCUT2D eigenvalue weighted by Gasteiger charge is 2.26. The molecule has 1 aromatic carbocycles. The van der Waals surface area contributed by atoms with E-state index in [1.54, 1.807) is 19.2 Å². The van der Waals surface area contributed by atoms with Gasteiger partial charge in [-0.1, -0.05) is 0 Å². The van der Waals surface area contributed by atoms with Crippen LogP contribution in [0.15, 0.2) is 28.1 Å². The first-order valence-corrected chi connectivity index (χ1v) is 7.56. The van der Waals surface area contributed by atoms with Crippen LogP contribution in [0.4, 0.5) is 5.69 Å². The normalized spacial score (nSPS) is 18.0. The number of aliphatic imine (C=N–C) groups is 1. The van der Waals surface area contributed by atoms with Crippen LogP contribution in [0, 0.1) is 0 Å². The van der Waals surface area contributed by atoms with E-state index in [1.807, 2.05) is 0 Å². The highest BCUT2D eigenvalue weighted by atomic mass is 32.2. The minimum atomic E-state index is -3.62. The number of hydrogen-bond donors (Lipinski definition) is 2. The first kappa shape index (κ1) is 14.6. The van der Waals surface area contributed by atoms with E-state index in [-0.39, 0.29) is 10.9 Å². The number of anilines is 1. The van der Waals surface area contributed by atoms with Crippen molar-refractivity contribution in [1.29, 1.82) is 0 Å². The van der Waals surface area contributed by atoms with Crippen LogP contribution in [0.25, 0.3) is 0 Å². The largest absolute Gasteiger partial charge is 0.497 e. The van der Waals surface area contributed by atoms with Crippen molar-refractivity contribution in [2.75, 3.05) is 32.7 Å². The highest BCUT2D eigenvalue weighted by molar-refractivity contribution is 7.90. The smallest absolute Gasteiger partial charge is 0.266 e. The second kappa shape index (κ2) is 6.10. The van der Waals surface area contributed by atoms with Gasteiger partial charge in [-0.15, -0.1) is 0 Å². The van der Waals surface area contributed by atoms with Gasteiger partial charge >= 0.3 is 0 Å². The third kappa shape index (κ3) is 3.20. The molecule has 0 spiro atoms. The van der Waals surface area contributed by atoms with Gasteiger partial charge in [0.2, 0.25) is 5.96 Å². The Morgan fingerprint density at radius 1 is 1.30 bits per heavy atom. The Kier molecular flexibility index (Phi) is 4.46. The molecule has 0 amide bonds. The molecule has 0 aliphatic carbocycles. The van der Waals surface area contributed by atoms with Gasteiger partial charge in [0.25, 0.3) is 10.0 Å². The Balaban J connectivity index is 2.22. The average Bonchev–Trinajstić information content (AvgIpc) is 2.43. The molecular formula is C12H17N3O4S. The van der Waals surface area contributed by atoms with E-state index >= 15 is 0 Å². The number of nitrogens with one attached hydrogen (secondary N) is 2. The van der Waals surface area contributed by atoms with Crippen LogP contribution >= 0.6 is 0 Å². The molecule has 1 aromatic rings. The Bertz CT molecular complexity index is 613. The Labute approximate surface area is 118 Å². The van der Waals surface area contributed by atoms with Crippen LogP contribution in [-0.2, 0) is 14.8 Å². The highest BCUT2D eigenvalue weighted by Crippen LogP contribution is 2.28. The molecule has 0 saturated carbocycles. The maximum absolute atomic E-state index is 12.1. The molecule has 0 bridgehead atoms. The summed E-state index contributed by atoms with van der Waals surface area (Å²) in [5.41, 5.74) is 0.482. The van der Waals surface area contributed by atoms with Gasteiger partial charge in [-0.3, -0.25) is 4.99 Å². The fraction of sp³-hybridized carbons (Fsp3) is 0.417. The summed E-state index contributed by atoms with van der Waals surface area (Å²) in [5, 5.41) is 2.94. The van der Waals surface area contributed by atoms with E-state index in [0.29, 0.717) is 24.6 Å². The first-order chi connectivity index (χ1) is 9.56. The minimum Gasteiger partial charge on any atom is -0.497 e. The zero-order valence-corrected chi connectivity index (χ0v) is 12.2. The van der Waals surface area contributed by atoms with E-state index in [4.69, 9.17) is 9.47 Å². The van der Waals surface area contributed by atoms with Crippen molar-refractivity contribution in [1.82, 2.24) is 4.72 Å². The van der Waals surface area contributed by atoms with Crippen molar-refractivity contribution >= 4 is 21.7 Å². The topological polar surface area (TPSA) is 89.0 Å². The average molecular weight is 299 g/mol. The minimum absolute atomic E-state index is 0.146. The molecule has 1 aliphatic heterocycles. The van der Waals surface area contributed by atoms with Crippen molar-refractivity contribution in [3.63, 3.8) is 0 Å². The number of rotatable bonds is 5. The molecule has 0 atom stereocenters. The lowest BCUT2D eigenvalue weighted by molar-refractivity contribution is 0.197. The van der Waals surface area contributed by atoms with Gasteiger partial charge < -0.3 is 14.8 Å². The van der Waals surface area contributed by atoms with Crippen LogP contribution in [0.5, 0.6) is 5.75 Å². The molecule has 8 heteroatoms. The van der Waals surface area contributed by atoms with E-state index in [2.05, 4.69) is 15.0 Å². The van der Waals surface area contributed by atoms with Gasteiger partial charge in [-0.25, -0.2) is 13.1 Å². The van der Waals surface area contributed by atoms with Crippen molar-refractivity contribution in [3.05, 3.63) is 18.2 Å². The summed E-state index contributed by atoms with van der Waals surface area (Å²) in [4.78, 5) is 4.31. The lowest BCUT2D eigenvalue weighted by Crippen LogP contribution is -2.40. The maximum atomic E-state index is 12.1. The first-order valence-electron chi connectivity index (χ1n) is 6.08. The molecule has 0 saturated heterocycles. The number of nitrogens with zero attached hydrogens (tertiary/aromatic N) is 1. The van der Waals surface area contributed by atoms with Crippen LogP contribution in [0.1, 0.15) is 6.42 Å². The molecule has 0 aromatic heterocycles. The van der Waals surface area contributed by atoms with Crippen LogP contribution < -0.4 is 14.8 Å². The molecule has 0 radical (unpaired) electrons. The van der Waals surface area contributed by atoms with Crippen molar-refractivity contribution in [2.45, 2.75) is 11.3 Å². The fourth-order valence-corrected chi connectivity index (χ4v) is 2.92. The van der Waals surface area contributed by atoms with E-state index in [0.717, 1.165) is 6.42 Å². The Morgan fingerprint density at radius 2 is 2.10 bits per heavy atom. The summed E-state index contributed by atoms with van der Waals surface area (Å²) >= 11 is 0. The fourth-order valence-electron chi connectivity index (χ4n) is 1.76. The maximum Gasteiger partial charge on any atom is 0.266 e. The van der Waals surface area contributed by atoms with E-state index in [9.17, 15) is 8.42 Å². The van der Waals surface area contributed by atoms with Crippen molar-refractivity contribution in [3.8, 4) is 5.75 Å². The van der Waals surface area contributed by atoms with Crippen LogP contribution in [0.3, 0.4) is 0 Å². The molecule has 0 fully saturated rings. The molecule has 1 heterocycles. The van der Waals surface area contributed by atoms with Gasteiger partial charge in [0, 0.05) is 26.3 Å². The van der Waals surface area contributed by atoms with Gasteiger partial charge in [-0.2, -0.15) is 0 Å². The lowest BCUT2D eigenvalue weighted by Gasteiger charge is -2.21. The monoisotopic (exact) mass is 299 g/mol. The summed E-state index contributed by atoms with van der Waals surface area (Å²) < 4.78 is 36.6. The van der Waals surface area contributed by atoms with E-state index in [1.165, 1.54) is 13.2 Å². The SMILES string of the molecule is COCCCN=C1Nc2ccc(OC)cc2S(=O)(=O)N1. The zero-order chi connectivity index (χ0) is 14.6. The number of benzene rings is 1. The quantitative estimate of drug-likeness (QED) is 0.785. The van der Waals surface area contributed by atoms with Gasteiger partial charge in [0.05, 0.1) is 12.8 Å². The molecule has 1 aliphatic rings. The third-order valence-corrected chi connectivity index (χ3v) is 4.12. The summed E-state index contributed by atoms with van der Waals surface area (Å²) in [6.07, 6.45) is 0.721. The van der Waals surface area contributed by atoms with Crippen molar-refractivity contribution in [2.24, 2.45) is 4.99 Å². The van der Waals surface area contributed by atoms with Crippen LogP contribution in [-0.4, -0.2) is 41.7 Å². The molecule has 110 valence electrons. The molecule has 2 rings (SSSR count). The van der Waals surface area contributed by atoms with E-state index < -0.39 is 10.0 Å². The second-order valence-corrected chi connectivity index (χ2v) is 5.82. The number of fused-ring (bicyclic) bond motifs is 1. The third-order valence-electron chi connectivity index (χ3n) is 2.74. The zero-order valence-electron chi connectivity index (χ0n) is 11.3. The molecule has 7 nitrogen and oxygen atoms in total. The Hall–Kier alpha value is -1.80. The second-order valence-electron chi connectivity index (χ2n) is 4.17. The molecular weight excluding hydrogens is 282 g/mol. The van der Waals surface area contributed by atoms with Gasteiger partial charge in [-0.05, 0) is 18.6 Å². The lowest BCUT2D eigenvalue weighted by atomic mass is 10.3. The van der Waals surface area contributed by atoms with Crippen LogP contribution in [0.2, 0.25) is 0 Å². The van der Waals surface area contributed by atoms with Gasteiger partial charge in [0.15, 0.2) is 0 Å². The summed E-state index contributed by atoms with van der Waals surface area (Å²) in [6, 6.07) is 4.80.